The normalized spacial score (nSPS) is 15.1. The quantitative estimate of drug-likeness (QED) is 0.861. The molecule has 1 aromatic rings. The van der Waals surface area contributed by atoms with Gasteiger partial charge in [0, 0.05) is 60.0 Å². The zero-order valence-corrected chi connectivity index (χ0v) is 14.0. The second-order valence-corrected chi connectivity index (χ2v) is 5.77. The number of hydrogen-bond acceptors (Lipinski definition) is 5. The van der Waals surface area contributed by atoms with E-state index in [4.69, 9.17) is 9.72 Å². The molecule has 122 valence electrons. The van der Waals surface area contributed by atoms with Gasteiger partial charge >= 0.3 is 0 Å². The Balaban J connectivity index is 2.27. The average molecular weight is 306 g/mol. The third kappa shape index (κ3) is 3.75. The summed E-state index contributed by atoms with van der Waals surface area (Å²) in [7, 11) is 7.22. The van der Waals surface area contributed by atoms with Gasteiger partial charge in [-0.05, 0) is 18.1 Å². The topological polar surface area (TPSA) is 57.7 Å². The number of hydrogen-bond donors (Lipinski definition) is 1. The number of methoxy groups -OCH3 is 1. The van der Waals surface area contributed by atoms with E-state index in [1.807, 2.05) is 25.1 Å². The summed E-state index contributed by atoms with van der Waals surface area (Å²) in [5.41, 5.74) is 2.94. The molecule has 1 aliphatic rings. The lowest BCUT2D eigenvalue weighted by Crippen LogP contribution is -2.29. The highest BCUT2D eigenvalue weighted by Crippen LogP contribution is 2.23. The van der Waals surface area contributed by atoms with Crippen LogP contribution >= 0.6 is 0 Å². The van der Waals surface area contributed by atoms with Crippen molar-refractivity contribution in [1.82, 2.24) is 15.2 Å². The van der Waals surface area contributed by atoms with E-state index in [1.165, 1.54) is 5.56 Å². The van der Waals surface area contributed by atoms with Crippen LogP contribution < -0.4 is 10.2 Å². The van der Waals surface area contributed by atoms with Crippen molar-refractivity contribution >= 4 is 11.7 Å². The van der Waals surface area contributed by atoms with Crippen molar-refractivity contribution in [3.05, 3.63) is 22.9 Å². The fourth-order valence-electron chi connectivity index (χ4n) is 2.76. The number of nitrogens with zero attached hydrogens (tertiary/aromatic N) is 3. The van der Waals surface area contributed by atoms with Crippen LogP contribution in [0.2, 0.25) is 0 Å². The summed E-state index contributed by atoms with van der Waals surface area (Å²) in [6.45, 7) is 3.64. The number of pyridine rings is 1. The molecule has 1 amide bonds. The van der Waals surface area contributed by atoms with Crippen LogP contribution in [0.5, 0.6) is 0 Å². The lowest BCUT2D eigenvalue weighted by Gasteiger charge is -2.18. The molecule has 0 saturated carbocycles. The van der Waals surface area contributed by atoms with Crippen LogP contribution in [0.4, 0.5) is 5.82 Å². The van der Waals surface area contributed by atoms with Crippen LogP contribution in [0.1, 0.15) is 21.6 Å². The molecule has 0 unspecified atom stereocenters. The predicted octanol–water partition coefficient (Wildman–Crippen LogP) is 0.554. The highest BCUT2D eigenvalue weighted by atomic mass is 16.5. The maximum Gasteiger partial charge on any atom is 0.254 e. The van der Waals surface area contributed by atoms with Crippen molar-refractivity contribution in [3.8, 4) is 0 Å². The molecule has 0 saturated heterocycles. The van der Waals surface area contributed by atoms with Gasteiger partial charge in [0.15, 0.2) is 0 Å². The second kappa shape index (κ2) is 7.56. The van der Waals surface area contributed by atoms with Crippen molar-refractivity contribution in [2.75, 3.05) is 59.4 Å². The van der Waals surface area contributed by atoms with Gasteiger partial charge in [0.25, 0.3) is 5.91 Å². The standard InChI is InChI=1S/C16H26N4O2/c1-17-16(21)13-11-12-5-7-20(9-10-22-4)8-6-14(12)18-15(13)19(2)3/h11H,5-10H2,1-4H3,(H,17,21). The number of anilines is 1. The Hall–Kier alpha value is -1.66. The van der Waals surface area contributed by atoms with Crippen LogP contribution in [0, 0.1) is 0 Å². The van der Waals surface area contributed by atoms with Gasteiger partial charge in [0.1, 0.15) is 5.82 Å². The summed E-state index contributed by atoms with van der Waals surface area (Å²) in [4.78, 5) is 21.2. The molecule has 1 N–H and O–H groups in total. The first kappa shape index (κ1) is 16.7. The number of fused-ring (bicyclic) bond motifs is 1. The first-order valence-corrected chi connectivity index (χ1v) is 7.70. The minimum absolute atomic E-state index is 0.0838. The highest BCUT2D eigenvalue weighted by Gasteiger charge is 2.21. The van der Waals surface area contributed by atoms with E-state index in [0.29, 0.717) is 5.56 Å². The zero-order chi connectivity index (χ0) is 16.1. The van der Waals surface area contributed by atoms with Crippen molar-refractivity contribution in [3.63, 3.8) is 0 Å². The lowest BCUT2D eigenvalue weighted by molar-refractivity contribution is 0.0963. The number of amides is 1. The Morgan fingerprint density at radius 2 is 2.14 bits per heavy atom. The molecule has 1 aliphatic heterocycles. The van der Waals surface area contributed by atoms with E-state index >= 15 is 0 Å². The molecule has 6 heteroatoms. The van der Waals surface area contributed by atoms with E-state index in [2.05, 4.69) is 10.2 Å². The third-order valence-electron chi connectivity index (χ3n) is 4.04. The average Bonchev–Trinajstić information content (AvgIpc) is 2.72. The number of nitrogens with one attached hydrogen (secondary N) is 1. The second-order valence-electron chi connectivity index (χ2n) is 5.77. The molecule has 22 heavy (non-hydrogen) atoms. The first-order chi connectivity index (χ1) is 10.6. The smallest absolute Gasteiger partial charge is 0.254 e. The molecule has 0 bridgehead atoms. The van der Waals surface area contributed by atoms with Gasteiger partial charge in [-0.3, -0.25) is 4.79 Å². The molecule has 0 atom stereocenters. The highest BCUT2D eigenvalue weighted by molar-refractivity contribution is 5.99. The number of rotatable bonds is 5. The Bertz CT molecular complexity index is 531. The molecular weight excluding hydrogens is 280 g/mol. The molecular formula is C16H26N4O2. The van der Waals surface area contributed by atoms with Gasteiger partial charge in [0.05, 0.1) is 12.2 Å². The molecule has 0 aliphatic carbocycles. The molecule has 1 aromatic heterocycles. The van der Waals surface area contributed by atoms with E-state index < -0.39 is 0 Å². The van der Waals surface area contributed by atoms with E-state index in [1.54, 1.807) is 14.2 Å². The fourth-order valence-corrected chi connectivity index (χ4v) is 2.76. The number of carbonyl (C=O) groups is 1. The maximum atomic E-state index is 12.1. The summed E-state index contributed by atoms with van der Waals surface area (Å²) < 4.78 is 5.16. The van der Waals surface area contributed by atoms with Crippen LogP contribution in [0.15, 0.2) is 6.07 Å². The van der Waals surface area contributed by atoms with Gasteiger partial charge in [0.2, 0.25) is 0 Å². The van der Waals surface area contributed by atoms with E-state index in [-0.39, 0.29) is 5.91 Å². The predicted molar refractivity (Wildman–Crippen MR) is 87.7 cm³/mol. The van der Waals surface area contributed by atoms with Crippen LogP contribution in [-0.2, 0) is 17.6 Å². The van der Waals surface area contributed by atoms with Gasteiger partial charge in [-0.1, -0.05) is 0 Å². The Morgan fingerprint density at radius 3 is 2.77 bits per heavy atom. The third-order valence-corrected chi connectivity index (χ3v) is 4.04. The summed E-state index contributed by atoms with van der Waals surface area (Å²) in [6.07, 6.45) is 1.83. The minimum atomic E-state index is -0.0838. The largest absolute Gasteiger partial charge is 0.383 e. The molecule has 0 fully saturated rings. The number of ether oxygens (including phenoxy) is 1. The Kier molecular flexibility index (Phi) is 5.74. The van der Waals surface area contributed by atoms with Crippen LogP contribution in [-0.4, -0.2) is 70.3 Å². The number of aromatic nitrogens is 1. The van der Waals surface area contributed by atoms with Crippen molar-refractivity contribution in [1.29, 1.82) is 0 Å². The fraction of sp³-hybridized carbons (Fsp3) is 0.625. The van der Waals surface area contributed by atoms with Crippen molar-refractivity contribution in [2.24, 2.45) is 0 Å². The van der Waals surface area contributed by atoms with Gasteiger partial charge in [-0.2, -0.15) is 0 Å². The zero-order valence-electron chi connectivity index (χ0n) is 14.0. The van der Waals surface area contributed by atoms with Crippen LogP contribution in [0.25, 0.3) is 0 Å². The lowest BCUT2D eigenvalue weighted by atomic mass is 10.0. The van der Waals surface area contributed by atoms with Crippen molar-refractivity contribution in [2.45, 2.75) is 12.8 Å². The first-order valence-electron chi connectivity index (χ1n) is 7.70. The van der Waals surface area contributed by atoms with Gasteiger partial charge in [-0.25, -0.2) is 4.98 Å². The Labute approximate surface area is 132 Å². The van der Waals surface area contributed by atoms with E-state index in [0.717, 1.165) is 50.6 Å². The minimum Gasteiger partial charge on any atom is -0.383 e. The molecule has 0 radical (unpaired) electrons. The van der Waals surface area contributed by atoms with Crippen molar-refractivity contribution < 1.29 is 9.53 Å². The molecule has 0 aromatic carbocycles. The summed E-state index contributed by atoms with van der Waals surface area (Å²) in [6, 6.07) is 2.01. The van der Waals surface area contributed by atoms with Gasteiger partial charge < -0.3 is 19.9 Å². The number of carbonyl (C=O) groups excluding carboxylic acids is 1. The molecule has 0 spiro atoms. The summed E-state index contributed by atoms with van der Waals surface area (Å²) in [5.74, 6) is 0.655. The van der Waals surface area contributed by atoms with Gasteiger partial charge in [-0.15, -0.1) is 0 Å². The SMILES string of the molecule is CNC(=O)c1cc2c(nc1N(C)C)CCN(CCOC)CC2. The molecule has 2 rings (SSSR count). The van der Waals surface area contributed by atoms with E-state index in [9.17, 15) is 4.79 Å². The summed E-state index contributed by atoms with van der Waals surface area (Å²) in [5, 5.41) is 2.70. The summed E-state index contributed by atoms with van der Waals surface area (Å²) >= 11 is 0. The van der Waals surface area contributed by atoms with Crippen LogP contribution in [0.3, 0.4) is 0 Å². The monoisotopic (exact) mass is 306 g/mol. The molecule has 6 nitrogen and oxygen atoms in total. The maximum absolute atomic E-state index is 12.1. The molecule has 2 heterocycles. The Morgan fingerprint density at radius 1 is 1.41 bits per heavy atom.